The van der Waals surface area contributed by atoms with E-state index in [2.05, 4.69) is 33.8 Å². The first kappa shape index (κ1) is 28.3. The Morgan fingerprint density at radius 1 is 1.03 bits per heavy atom. The molecule has 0 aliphatic heterocycles. The van der Waals surface area contributed by atoms with Crippen LogP contribution in [0.4, 0.5) is 0 Å². The molecule has 0 amide bonds. The molecule has 0 aromatic heterocycles. The van der Waals surface area contributed by atoms with Crippen molar-refractivity contribution in [2.75, 3.05) is 0 Å². The summed E-state index contributed by atoms with van der Waals surface area (Å²) in [6.45, 7) is 13.2. The molecule has 5 aliphatic rings. The quantitative estimate of drug-likeness (QED) is 0.406. The molecule has 3 saturated carbocycles. The maximum atomic E-state index is 14.2. The third kappa shape index (κ3) is 4.27. The number of allylic oxidation sites excluding steroid dienone is 4. The second-order valence-corrected chi connectivity index (χ2v) is 15.7. The molecule has 0 aromatic carbocycles. The van der Waals surface area contributed by atoms with Gasteiger partial charge in [-0.3, -0.25) is 14.4 Å². The lowest BCUT2D eigenvalue weighted by Crippen LogP contribution is -2.51. The largest absolute Gasteiger partial charge is 0.481 e. The number of hydrogen-bond acceptors (Lipinski definition) is 4. The van der Waals surface area contributed by atoms with E-state index in [1.807, 2.05) is 26.0 Å². The number of aliphatic carboxylic acids is 1. The normalized spacial score (nSPS) is 42.7. The first-order valence-corrected chi connectivity index (χ1v) is 15.3. The summed E-state index contributed by atoms with van der Waals surface area (Å²) < 4.78 is 0. The third-order valence-corrected chi connectivity index (χ3v) is 12.7. The second-order valence-electron chi connectivity index (χ2n) is 15.7. The molecule has 7 atom stereocenters. The van der Waals surface area contributed by atoms with Crippen molar-refractivity contribution in [3.05, 3.63) is 23.3 Å². The SMILES string of the molecule is CC1(C)CC[C@]2(CCC(=O)O)CC[C@]3(C)C(CC2C1)C(=O)C=C1[C@@H]3CCC[C@H]2C(C)(C)C(=O)C(C#N)=C[C@]12C. The van der Waals surface area contributed by atoms with E-state index in [0.717, 1.165) is 63.4 Å². The molecule has 0 radical (unpaired) electrons. The monoisotopic (exact) mass is 533 g/mol. The number of nitrogens with zero attached hydrogens (tertiary/aromatic N) is 1. The predicted molar refractivity (Wildman–Crippen MR) is 150 cm³/mol. The number of carbonyl (C=O) groups excluding carboxylic acids is 2. The van der Waals surface area contributed by atoms with Crippen LogP contribution in [0.2, 0.25) is 0 Å². The Kier molecular flexibility index (Phi) is 6.64. The van der Waals surface area contributed by atoms with Gasteiger partial charge in [0, 0.05) is 23.2 Å². The Morgan fingerprint density at radius 3 is 2.38 bits per heavy atom. The molecule has 0 bridgehead atoms. The zero-order valence-electron chi connectivity index (χ0n) is 24.9. The average Bonchev–Trinajstić information content (AvgIpc) is 3.08. The molecule has 39 heavy (non-hydrogen) atoms. The maximum absolute atomic E-state index is 14.2. The topological polar surface area (TPSA) is 95.2 Å². The number of carboxylic acid groups (broad SMARTS) is 1. The Hall–Kier alpha value is -2.22. The van der Waals surface area contributed by atoms with Crippen LogP contribution in [0.1, 0.15) is 112 Å². The number of carboxylic acids is 1. The first-order chi connectivity index (χ1) is 18.1. The van der Waals surface area contributed by atoms with Crippen molar-refractivity contribution in [2.45, 2.75) is 112 Å². The van der Waals surface area contributed by atoms with Crippen LogP contribution in [0.5, 0.6) is 0 Å². The van der Waals surface area contributed by atoms with Crippen LogP contribution in [0.15, 0.2) is 23.3 Å². The van der Waals surface area contributed by atoms with E-state index < -0.39 is 16.8 Å². The van der Waals surface area contributed by atoms with Crippen LogP contribution in [0, 0.1) is 62.1 Å². The predicted octanol–water partition coefficient (Wildman–Crippen LogP) is 7.46. The summed E-state index contributed by atoms with van der Waals surface area (Å²) in [6, 6.07) is 2.19. The standard InChI is InChI=1S/C34H47NO4/c1-30(2)12-14-34(11-10-28(37)38)15-13-32(5)23-8-7-9-27-31(3,4)29(39)21(20-35)18-33(27,6)24(23)17-26(36)25(32)16-22(34)19-30/h17-18,22-23,25,27H,7-16,19H2,1-6H3,(H,37,38)/t22?,23-,25?,27-,32-,33+,34+/m0/s1. The van der Waals surface area contributed by atoms with Gasteiger partial charge in [0.1, 0.15) is 6.07 Å². The van der Waals surface area contributed by atoms with Gasteiger partial charge in [0.2, 0.25) is 0 Å². The summed E-state index contributed by atoms with van der Waals surface area (Å²) in [5.41, 5.74) is 0.208. The minimum absolute atomic E-state index is 0.0149. The molecule has 2 unspecified atom stereocenters. The van der Waals surface area contributed by atoms with Gasteiger partial charge in [0.15, 0.2) is 11.6 Å². The number of hydrogen-bond donors (Lipinski definition) is 1. The molecule has 3 fully saturated rings. The van der Waals surface area contributed by atoms with Gasteiger partial charge in [-0.25, -0.2) is 0 Å². The molecule has 5 heteroatoms. The fraction of sp³-hybridized carbons (Fsp3) is 0.765. The molecule has 5 nitrogen and oxygen atoms in total. The van der Waals surface area contributed by atoms with Crippen LogP contribution in [0.3, 0.4) is 0 Å². The molecular weight excluding hydrogens is 486 g/mol. The van der Waals surface area contributed by atoms with Gasteiger partial charge >= 0.3 is 5.97 Å². The van der Waals surface area contributed by atoms with Crippen molar-refractivity contribution < 1.29 is 19.5 Å². The van der Waals surface area contributed by atoms with E-state index in [4.69, 9.17) is 0 Å². The molecule has 5 aliphatic carbocycles. The van der Waals surface area contributed by atoms with E-state index in [1.165, 1.54) is 0 Å². The minimum Gasteiger partial charge on any atom is -0.481 e. The van der Waals surface area contributed by atoms with E-state index in [9.17, 15) is 24.8 Å². The van der Waals surface area contributed by atoms with Crippen molar-refractivity contribution >= 4 is 17.5 Å². The fourth-order valence-electron chi connectivity index (χ4n) is 10.4. The van der Waals surface area contributed by atoms with Gasteiger partial charge in [-0.15, -0.1) is 0 Å². The Bertz CT molecular complexity index is 1200. The number of Topliss-reactive ketones (excluding diaryl/α,β-unsaturated/α-hetero) is 1. The Morgan fingerprint density at radius 2 is 1.72 bits per heavy atom. The summed E-state index contributed by atoms with van der Waals surface area (Å²) in [4.78, 5) is 39.2. The number of rotatable bonds is 3. The number of ketones is 2. The van der Waals surface area contributed by atoms with E-state index in [1.54, 1.807) is 0 Å². The highest BCUT2D eigenvalue weighted by molar-refractivity contribution is 6.04. The lowest BCUT2D eigenvalue weighted by molar-refractivity contribution is -0.138. The third-order valence-electron chi connectivity index (χ3n) is 12.7. The van der Waals surface area contributed by atoms with Gasteiger partial charge in [-0.05, 0) is 97.9 Å². The van der Waals surface area contributed by atoms with E-state index in [0.29, 0.717) is 12.3 Å². The molecule has 5 rings (SSSR count). The van der Waals surface area contributed by atoms with Crippen LogP contribution < -0.4 is 0 Å². The number of fused-ring (bicyclic) bond motifs is 6. The molecule has 0 saturated heterocycles. The summed E-state index contributed by atoms with van der Waals surface area (Å²) in [5, 5.41) is 19.5. The zero-order chi connectivity index (χ0) is 28.6. The minimum atomic E-state index is -0.724. The number of carbonyl (C=O) groups is 3. The smallest absolute Gasteiger partial charge is 0.303 e. The van der Waals surface area contributed by atoms with Crippen molar-refractivity contribution in [2.24, 2.45) is 50.7 Å². The molecule has 0 heterocycles. The lowest BCUT2D eigenvalue weighted by Gasteiger charge is -2.53. The highest BCUT2D eigenvalue weighted by Gasteiger charge is 2.61. The van der Waals surface area contributed by atoms with Crippen molar-refractivity contribution in [3.63, 3.8) is 0 Å². The van der Waals surface area contributed by atoms with Gasteiger partial charge in [-0.1, -0.05) is 59.6 Å². The molecular formula is C34H47NO4. The molecule has 1 N–H and O–H groups in total. The van der Waals surface area contributed by atoms with Crippen LogP contribution in [-0.2, 0) is 14.4 Å². The maximum Gasteiger partial charge on any atom is 0.303 e. The van der Waals surface area contributed by atoms with Gasteiger partial charge in [-0.2, -0.15) is 5.26 Å². The van der Waals surface area contributed by atoms with Gasteiger partial charge in [0.25, 0.3) is 0 Å². The summed E-state index contributed by atoms with van der Waals surface area (Å²) >= 11 is 0. The van der Waals surface area contributed by atoms with Crippen molar-refractivity contribution in [3.8, 4) is 6.07 Å². The summed E-state index contributed by atoms with van der Waals surface area (Å²) in [6.07, 6.45) is 13.6. The lowest BCUT2D eigenvalue weighted by atomic mass is 9.49. The Labute approximate surface area is 234 Å². The van der Waals surface area contributed by atoms with Gasteiger partial charge < -0.3 is 5.11 Å². The second kappa shape index (κ2) is 9.15. The summed E-state index contributed by atoms with van der Waals surface area (Å²) in [5.74, 6) is -0.0107. The highest BCUT2D eigenvalue weighted by Crippen LogP contribution is 2.67. The average molecular weight is 534 g/mol. The fourth-order valence-corrected chi connectivity index (χ4v) is 10.4. The van der Waals surface area contributed by atoms with Crippen LogP contribution in [-0.4, -0.2) is 22.6 Å². The molecule has 0 aromatic rings. The Balaban J connectivity index is 1.60. The van der Waals surface area contributed by atoms with E-state index >= 15 is 0 Å². The summed E-state index contributed by atoms with van der Waals surface area (Å²) in [7, 11) is 0. The van der Waals surface area contributed by atoms with Crippen LogP contribution >= 0.6 is 0 Å². The molecule has 0 spiro atoms. The number of nitriles is 1. The van der Waals surface area contributed by atoms with E-state index in [-0.39, 0.29) is 57.6 Å². The van der Waals surface area contributed by atoms with Crippen LogP contribution in [0.25, 0.3) is 0 Å². The highest BCUT2D eigenvalue weighted by atomic mass is 16.4. The first-order valence-electron chi connectivity index (χ1n) is 15.3. The zero-order valence-corrected chi connectivity index (χ0v) is 24.9. The van der Waals surface area contributed by atoms with Gasteiger partial charge in [0.05, 0.1) is 5.57 Å². The van der Waals surface area contributed by atoms with Crippen molar-refractivity contribution in [1.29, 1.82) is 5.26 Å². The van der Waals surface area contributed by atoms with Crippen molar-refractivity contribution in [1.82, 2.24) is 0 Å². The molecule has 212 valence electrons.